The third kappa shape index (κ3) is 3.39. The Kier molecular flexibility index (Phi) is 4.37. The molecule has 0 aliphatic heterocycles. The molecule has 0 atom stereocenters. The molecule has 2 aromatic rings. The van der Waals surface area contributed by atoms with Crippen LogP contribution in [0.4, 0.5) is 5.88 Å². The fourth-order valence-corrected chi connectivity index (χ4v) is 1.48. The van der Waals surface area contributed by atoms with Crippen LogP contribution in [-0.4, -0.2) is 23.8 Å². The minimum absolute atomic E-state index is 0.0748. The molecule has 0 saturated carbocycles. The van der Waals surface area contributed by atoms with Crippen molar-refractivity contribution in [1.29, 1.82) is 0 Å². The second-order valence-electron chi connectivity index (χ2n) is 3.98. The molecular formula is C13H11N3O6. The highest BCUT2D eigenvalue weighted by atomic mass is 16.7. The zero-order chi connectivity index (χ0) is 16.1. The average Bonchev–Trinajstić information content (AvgIpc) is 3.02. The number of rotatable bonds is 5. The minimum atomic E-state index is -0.744. The van der Waals surface area contributed by atoms with E-state index in [1.807, 2.05) is 0 Å². The Morgan fingerprint density at radius 1 is 1.27 bits per heavy atom. The highest BCUT2D eigenvalue weighted by molar-refractivity contribution is 5.96. The number of oxime groups is 1. The molecule has 1 aromatic carbocycles. The van der Waals surface area contributed by atoms with Gasteiger partial charge in [-0.3, -0.25) is 10.1 Å². The fourth-order valence-electron chi connectivity index (χ4n) is 1.48. The van der Waals surface area contributed by atoms with Gasteiger partial charge in [-0.1, -0.05) is 5.16 Å². The predicted molar refractivity (Wildman–Crippen MR) is 74.5 cm³/mol. The number of amidine groups is 1. The van der Waals surface area contributed by atoms with Crippen molar-refractivity contribution in [2.24, 2.45) is 10.9 Å². The number of furan rings is 1. The molecule has 9 nitrogen and oxygen atoms in total. The van der Waals surface area contributed by atoms with Crippen LogP contribution in [0.25, 0.3) is 0 Å². The zero-order valence-electron chi connectivity index (χ0n) is 11.4. The molecule has 0 spiro atoms. The van der Waals surface area contributed by atoms with Gasteiger partial charge < -0.3 is 19.7 Å². The Balaban J connectivity index is 2.05. The summed E-state index contributed by atoms with van der Waals surface area (Å²) >= 11 is 0. The molecule has 22 heavy (non-hydrogen) atoms. The summed E-state index contributed by atoms with van der Waals surface area (Å²) in [7, 11) is 1.50. The lowest BCUT2D eigenvalue weighted by molar-refractivity contribution is -0.402. The Bertz CT molecular complexity index is 720. The number of hydrogen-bond acceptors (Lipinski definition) is 7. The third-order valence-corrected chi connectivity index (χ3v) is 2.58. The summed E-state index contributed by atoms with van der Waals surface area (Å²) in [6.45, 7) is 0. The summed E-state index contributed by atoms with van der Waals surface area (Å²) in [5, 5.41) is 13.9. The van der Waals surface area contributed by atoms with Crippen molar-refractivity contribution >= 4 is 17.7 Å². The summed E-state index contributed by atoms with van der Waals surface area (Å²) in [4.78, 5) is 26.1. The van der Waals surface area contributed by atoms with Gasteiger partial charge in [0.2, 0.25) is 5.84 Å². The van der Waals surface area contributed by atoms with E-state index in [9.17, 15) is 14.9 Å². The van der Waals surface area contributed by atoms with Crippen LogP contribution in [0.2, 0.25) is 0 Å². The number of carbonyl (C=O) groups excluding carboxylic acids is 1. The summed E-state index contributed by atoms with van der Waals surface area (Å²) in [6.07, 6.45) is 0. The Morgan fingerprint density at radius 3 is 2.50 bits per heavy atom. The molecule has 0 fully saturated rings. The molecule has 2 rings (SSSR count). The van der Waals surface area contributed by atoms with Gasteiger partial charge in [0.1, 0.15) is 10.7 Å². The quantitative estimate of drug-likeness (QED) is 0.292. The second-order valence-corrected chi connectivity index (χ2v) is 3.98. The van der Waals surface area contributed by atoms with Gasteiger partial charge in [0.25, 0.3) is 0 Å². The molecule has 0 aliphatic carbocycles. The van der Waals surface area contributed by atoms with Gasteiger partial charge >= 0.3 is 11.9 Å². The smallest absolute Gasteiger partial charge is 0.433 e. The number of nitro groups is 1. The van der Waals surface area contributed by atoms with E-state index < -0.39 is 16.8 Å². The second kappa shape index (κ2) is 6.39. The maximum absolute atomic E-state index is 11.7. The van der Waals surface area contributed by atoms with E-state index >= 15 is 0 Å². The maximum atomic E-state index is 11.7. The van der Waals surface area contributed by atoms with Crippen LogP contribution in [0.15, 0.2) is 46.0 Å². The van der Waals surface area contributed by atoms with Crippen LogP contribution in [-0.2, 0) is 4.84 Å². The van der Waals surface area contributed by atoms with Gasteiger partial charge in [-0.2, -0.15) is 0 Å². The van der Waals surface area contributed by atoms with Crippen molar-refractivity contribution in [2.75, 3.05) is 7.11 Å². The third-order valence-electron chi connectivity index (χ3n) is 2.58. The first kappa shape index (κ1) is 15.0. The van der Waals surface area contributed by atoms with Gasteiger partial charge in [-0.15, -0.1) is 0 Å². The standard InChI is InChI=1S/C13H11N3O6/c1-20-9-4-2-8(3-5-9)13(17)22-15-12(14)10-6-7-11(21-10)16(18)19/h2-7H,1H3,(H2,14,15). The highest BCUT2D eigenvalue weighted by Gasteiger charge is 2.15. The number of hydrogen-bond donors (Lipinski definition) is 1. The van der Waals surface area contributed by atoms with Crippen molar-refractivity contribution in [3.05, 3.63) is 57.8 Å². The van der Waals surface area contributed by atoms with Crippen molar-refractivity contribution in [2.45, 2.75) is 0 Å². The number of ether oxygens (including phenoxy) is 1. The molecule has 0 aliphatic rings. The van der Waals surface area contributed by atoms with Gasteiger partial charge in [0.15, 0.2) is 5.76 Å². The number of benzene rings is 1. The summed E-state index contributed by atoms with van der Waals surface area (Å²) < 4.78 is 9.77. The molecule has 0 unspecified atom stereocenters. The average molecular weight is 305 g/mol. The van der Waals surface area contributed by atoms with E-state index in [0.717, 1.165) is 6.07 Å². The van der Waals surface area contributed by atoms with E-state index in [1.54, 1.807) is 12.1 Å². The van der Waals surface area contributed by atoms with Crippen LogP contribution in [0.5, 0.6) is 5.75 Å². The highest BCUT2D eigenvalue weighted by Crippen LogP contribution is 2.16. The van der Waals surface area contributed by atoms with Crippen LogP contribution in [0.3, 0.4) is 0 Å². The first-order valence-corrected chi connectivity index (χ1v) is 5.94. The molecule has 2 N–H and O–H groups in total. The normalized spacial score (nSPS) is 11.0. The monoisotopic (exact) mass is 305 g/mol. The molecule has 0 radical (unpaired) electrons. The lowest BCUT2D eigenvalue weighted by Crippen LogP contribution is -2.14. The van der Waals surface area contributed by atoms with Crippen molar-refractivity contribution in [3.63, 3.8) is 0 Å². The van der Waals surface area contributed by atoms with Gasteiger partial charge in [0, 0.05) is 0 Å². The first-order chi connectivity index (χ1) is 10.5. The maximum Gasteiger partial charge on any atom is 0.433 e. The van der Waals surface area contributed by atoms with E-state index in [0.29, 0.717) is 5.75 Å². The molecule has 0 amide bonds. The summed E-state index contributed by atoms with van der Waals surface area (Å²) in [6, 6.07) is 8.51. The lowest BCUT2D eigenvalue weighted by atomic mass is 10.2. The van der Waals surface area contributed by atoms with Crippen LogP contribution in [0, 0.1) is 10.1 Å². The Hall–Kier alpha value is -3.36. The zero-order valence-corrected chi connectivity index (χ0v) is 11.4. The summed E-state index contributed by atoms with van der Waals surface area (Å²) in [5.41, 5.74) is 5.76. The fraction of sp³-hybridized carbons (Fsp3) is 0.0769. The lowest BCUT2D eigenvalue weighted by Gasteiger charge is -2.01. The van der Waals surface area contributed by atoms with E-state index in [2.05, 4.69) is 9.99 Å². The van der Waals surface area contributed by atoms with E-state index in [-0.39, 0.29) is 17.2 Å². The molecule has 1 aromatic heterocycles. The Morgan fingerprint density at radius 2 is 1.95 bits per heavy atom. The summed E-state index contributed by atoms with van der Waals surface area (Å²) in [5.74, 6) is -1.02. The van der Waals surface area contributed by atoms with Crippen LogP contribution < -0.4 is 10.5 Å². The number of methoxy groups -OCH3 is 1. The van der Waals surface area contributed by atoms with Crippen molar-refractivity contribution < 1.29 is 23.7 Å². The molecule has 0 saturated heterocycles. The largest absolute Gasteiger partial charge is 0.497 e. The van der Waals surface area contributed by atoms with E-state index in [1.165, 1.54) is 25.3 Å². The molecule has 114 valence electrons. The molecule has 1 heterocycles. The van der Waals surface area contributed by atoms with Gasteiger partial charge in [-0.05, 0) is 30.3 Å². The minimum Gasteiger partial charge on any atom is -0.497 e. The number of nitrogens with zero attached hydrogens (tertiary/aromatic N) is 2. The topological polar surface area (TPSA) is 130 Å². The van der Waals surface area contributed by atoms with Crippen LogP contribution >= 0.6 is 0 Å². The van der Waals surface area contributed by atoms with Gasteiger partial charge in [-0.25, -0.2) is 4.79 Å². The Labute approximate surface area is 124 Å². The van der Waals surface area contributed by atoms with E-state index in [4.69, 9.17) is 14.9 Å². The predicted octanol–water partition coefficient (Wildman–Crippen LogP) is 1.67. The first-order valence-electron chi connectivity index (χ1n) is 5.94. The van der Waals surface area contributed by atoms with Crippen LogP contribution in [0.1, 0.15) is 16.1 Å². The SMILES string of the molecule is COc1ccc(C(=O)O/N=C(\N)c2ccc([N+](=O)[O-])o2)cc1. The van der Waals surface area contributed by atoms with Crippen molar-refractivity contribution in [3.8, 4) is 5.75 Å². The molecule has 9 heteroatoms. The molecule has 0 bridgehead atoms. The number of carbonyl (C=O) groups is 1. The van der Waals surface area contributed by atoms with Gasteiger partial charge in [0.05, 0.1) is 18.7 Å². The van der Waals surface area contributed by atoms with Crippen molar-refractivity contribution in [1.82, 2.24) is 0 Å². The number of nitrogens with two attached hydrogens (primary N) is 1. The molecular weight excluding hydrogens is 294 g/mol.